The maximum absolute atomic E-state index is 12.4. The van der Waals surface area contributed by atoms with E-state index >= 15 is 0 Å². The molecule has 0 aromatic heterocycles. The van der Waals surface area contributed by atoms with Crippen LogP contribution < -0.4 is 10.6 Å². The smallest absolute Gasteiger partial charge is 0.323 e. The highest BCUT2D eigenvalue weighted by molar-refractivity contribution is 6.00. The number of carbonyl (C=O) groups excluding carboxylic acids is 1. The fourth-order valence-corrected chi connectivity index (χ4v) is 3.57. The molecule has 5 nitrogen and oxygen atoms in total. The molecule has 5 heteroatoms. The predicted molar refractivity (Wildman–Crippen MR) is 110 cm³/mol. The molecule has 0 spiro atoms. The predicted octanol–water partition coefficient (Wildman–Crippen LogP) is 4.92. The molecular weight excluding hydrogens is 352 g/mol. The van der Waals surface area contributed by atoms with Crippen LogP contribution in [0, 0.1) is 0 Å². The maximum Gasteiger partial charge on any atom is 0.323 e. The highest BCUT2D eigenvalue weighted by Crippen LogP contribution is 2.37. The maximum atomic E-state index is 12.4. The Bertz CT molecular complexity index is 1060. The molecule has 0 bridgehead atoms. The topological polar surface area (TPSA) is 78.4 Å². The van der Waals surface area contributed by atoms with Gasteiger partial charge in [-0.05, 0) is 64.9 Å². The van der Waals surface area contributed by atoms with E-state index in [0.717, 1.165) is 17.7 Å². The highest BCUT2D eigenvalue weighted by Gasteiger charge is 2.18. The van der Waals surface area contributed by atoms with Gasteiger partial charge in [0.2, 0.25) is 0 Å². The standard InChI is InChI=1S/C23H20N2O3/c26-22(27)11-8-15-4-3-6-18(12-15)24-23(28)25-19-9-10-21-17(14-19)13-16-5-1-2-7-20(16)21/h1-7,9-10,12,14H,8,11,13H2,(H,26,27)(H2,24,25,28). The molecule has 3 aromatic carbocycles. The van der Waals surface area contributed by atoms with Crippen LogP contribution in [0.2, 0.25) is 0 Å². The molecule has 0 unspecified atom stereocenters. The second-order valence-electron chi connectivity index (χ2n) is 6.88. The van der Waals surface area contributed by atoms with E-state index in [0.29, 0.717) is 12.1 Å². The first-order valence-corrected chi connectivity index (χ1v) is 9.18. The number of rotatable bonds is 5. The number of amides is 2. The van der Waals surface area contributed by atoms with Crippen LogP contribution in [0.4, 0.5) is 16.2 Å². The molecule has 140 valence electrons. The van der Waals surface area contributed by atoms with Gasteiger partial charge in [-0.2, -0.15) is 0 Å². The number of carboxylic acid groups (broad SMARTS) is 1. The largest absolute Gasteiger partial charge is 0.481 e. The third-order valence-corrected chi connectivity index (χ3v) is 4.86. The molecule has 0 atom stereocenters. The van der Waals surface area contributed by atoms with E-state index < -0.39 is 5.97 Å². The van der Waals surface area contributed by atoms with E-state index in [-0.39, 0.29) is 12.5 Å². The van der Waals surface area contributed by atoms with Gasteiger partial charge in [-0.15, -0.1) is 0 Å². The Kier molecular flexibility index (Phi) is 4.81. The van der Waals surface area contributed by atoms with Gasteiger partial charge in [-0.3, -0.25) is 4.79 Å². The first-order valence-electron chi connectivity index (χ1n) is 9.18. The summed E-state index contributed by atoms with van der Waals surface area (Å²) >= 11 is 0. The van der Waals surface area contributed by atoms with Gasteiger partial charge in [-0.1, -0.05) is 42.5 Å². The van der Waals surface area contributed by atoms with E-state index in [4.69, 9.17) is 5.11 Å². The first-order chi connectivity index (χ1) is 13.6. The average molecular weight is 372 g/mol. The Balaban J connectivity index is 1.42. The van der Waals surface area contributed by atoms with Crippen molar-refractivity contribution in [3.63, 3.8) is 0 Å². The van der Waals surface area contributed by atoms with Crippen LogP contribution in [0.15, 0.2) is 66.7 Å². The van der Waals surface area contributed by atoms with Crippen LogP contribution in [-0.2, 0) is 17.6 Å². The minimum absolute atomic E-state index is 0.0627. The number of nitrogens with one attached hydrogen (secondary N) is 2. The van der Waals surface area contributed by atoms with Crippen molar-refractivity contribution in [3.8, 4) is 11.1 Å². The summed E-state index contributed by atoms with van der Waals surface area (Å²) in [5.74, 6) is -0.838. The minimum atomic E-state index is -0.838. The molecule has 4 rings (SSSR count). The summed E-state index contributed by atoms with van der Waals surface area (Å²) in [4.78, 5) is 23.1. The minimum Gasteiger partial charge on any atom is -0.481 e. The Hall–Kier alpha value is -3.60. The number of urea groups is 1. The zero-order valence-electron chi connectivity index (χ0n) is 15.2. The van der Waals surface area contributed by atoms with Gasteiger partial charge in [0.1, 0.15) is 0 Å². The van der Waals surface area contributed by atoms with Crippen molar-refractivity contribution in [2.24, 2.45) is 0 Å². The lowest BCUT2D eigenvalue weighted by Gasteiger charge is -2.10. The molecule has 28 heavy (non-hydrogen) atoms. The molecule has 0 aliphatic heterocycles. The van der Waals surface area contributed by atoms with Crippen LogP contribution in [0.3, 0.4) is 0 Å². The van der Waals surface area contributed by atoms with Gasteiger partial charge >= 0.3 is 12.0 Å². The van der Waals surface area contributed by atoms with Crippen LogP contribution in [0.1, 0.15) is 23.1 Å². The number of fused-ring (bicyclic) bond motifs is 3. The van der Waals surface area contributed by atoms with Crippen molar-refractivity contribution in [3.05, 3.63) is 83.4 Å². The number of aliphatic carboxylic acids is 1. The summed E-state index contributed by atoms with van der Waals surface area (Å²) in [5, 5.41) is 14.5. The SMILES string of the molecule is O=C(O)CCc1cccc(NC(=O)Nc2ccc3c(c2)Cc2ccccc2-3)c1. The molecule has 0 fully saturated rings. The number of aryl methyl sites for hydroxylation is 1. The lowest BCUT2D eigenvalue weighted by Crippen LogP contribution is -2.19. The molecule has 0 saturated heterocycles. The Morgan fingerprint density at radius 3 is 2.39 bits per heavy atom. The number of hydrogen-bond acceptors (Lipinski definition) is 2. The highest BCUT2D eigenvalue weighted by atomic mass is 16.4. The van der Waals surface area contributed by atoms with E-state index in [1.54, 1.807) is 18.2 Å². The Morgan fingerprint density at radius 2 is 1.57 bits per heavy atom. The van der Waals surface area contributed by atoms with Crippen molar-refractivity contribution in [1.29, 1.82) is 0 Å². The number of benzene rings is 3. The molecular formula is C23H20N2O3. The van der Waals surface area contributed by atoms with Crippen LogP contribution in [0.5, 0.6) is 0 Å². The summed E-state index contributed by atoms with van der Waals surface area (Å²) < 4.78 is 0. The lowest BCUT2D eigenvalue weighted by atomic mass is 10.1. The Labute approximate surface area is 163 Å². The van der Waals surface area contributed by atoms with Gasteiger partial charge in [0, 0.05) is 17.8 Å². The van der Waals surface area contributed by atoms with Gasteiger partial charge in [-0.25, -0.2) is 4.79 Å². The monoisotopic (exact) mass is 372 g/mol. The second-order valence-corrected chi connectivity index (χ2v) is 6.88. The first kappa shape index (κ1) is 17.8. The molecule has 0 saturated carbocycles. The third-order valence-electron chi connectivity index (χ3n) is 4.86. The van der Waals surface area contributed by atoms with Crippen molar-refractivity contribution < 1.29 is 14.7 Å². The number of anilines is 2. The molecule has 3 N–H and O–H groups in total. The summed E-state index contributed by atoms with van der Waals surface area (Å²) in [5.41, 5.74) is 7.22. The van der Waals surface area contributed by atoms with E-state index in [2.05, 4.69) is 22.8 Å². The van der Waals surface area contributed by atoms with E-state index in [1.165, 1.54) is 22.3 Å². The number of carboxylic acids is 1. The fourth-order valence-electron chi connectivity index (χ4n) is 3.57. The molecule has 3 aromatic rings. The third kappa shape index (κ3) is 3.88. The van der Waals surface area contributed by atoms with Gasteiger partial charge in [0.05, 0.1) is 0 Å². The molecule has 0 heterocycles. The molecule has 1 aliphatic rings. The molecule has 2 amide bonds. The fraction of sp³-hybridized carbons (Fsp3) is 0.130. The van der Waals surface area contributed by atoms with Gasteiger partial charge < -0.3 is 15.7 Å². The summed E-state index contributed by atoms with van der Waals surface area (Å²) in [6, 6.07) is 21.2. The number of hydrogen-bond donors (Lipinski definition) is 3. The van der Waals surface area contributed by atoms with Crippen molar-refractivity contribution in [2.75, 3.05) is 10.6 Å². The second kappa shape index (κ2) is 7.56. The molecule has 1 aliphatic carbocycles. The van der Waals surface area contributed by atoms with Gasteiger partial charge in [0.25, 0.3) is 0 Å². The summed E-state index contributed by atoms with van der Waals surface area (Å²) in [6.45, 7) is 0. The quantitative estimate of drug-likeness (QED) is 0.465. The van der Waals surface area contributed by atoms with Crippen molar-refractivity contribution in [1.82, 2.24) is 0 Å². The number of carbonyl (C=O) groups is 2. The van der Waals surface area contributed by atoms with Crippen molar-refractivity contribution in [2.45, 2.75) is 19.3 Å². The van der Waals surface area contributed by atoms with Gasteiger partial charge in [0.15, 0.2) is 0 Å². The average Bonchev–Trinajstić information content (AvgIpc) is 3.04. The van der Waals surface area contributed by atoms with Crippen LogP contribution in [-0.4, -0.2) is 17.1 Å². The summed E-state index contributed by atoms with van der Waals surface area (Å²) in [7, 11) is 0. The zero-order valence-corrected chi connectivity index (χ0v) is 15.2. The van der Waals surface area contributed by atoms with E-state index in [9.17, 15) is 9.59 Å². The van der Waals surface area contributed by atoms with Crippen LogP contribution >= 0.6 is 0 Å². The van der Waals surface area contributed by atoms with Crippen molar-refractivity contribution >= 4 is 23.4 Å². The lowest BCUT2D eigenvalue weighted by molar-refractivity contribution is -0.136. The van der Waals surface area contributed by atoms with E-state index in [1.807, 2.05) is 36.4 Å². The zero-order chi connectivity index (χ0) is 19.5. The summed E-state index contributed by atoms with van der Waals surface area (Å²) in [6.07, 6.45) is 1.36. The van der Waals surface area contributed by atoms with Crippen LogP contribution in [0.25, 0.3) is 11.1 Å². The molecule has 0 radical (unpaired) electrons. The Morgan fingerprint density at radius 1 is 0.821 bits per heavy atom. The normalized spacial score (nSPS) is 11.4.